The predicted molar refractivity (Wildman–Crippen MR) is 123 cm³/mol. The van der Waals surface area contributed by atoms with E-state index < -0.39 is 11.5 Å². The van der Waals surface area contributed by atoms with Crippen LogP contribution in [0.5, 0.6) is 0 Å². The van der Waals surface area contributed by atoms with Crippen LogP contribution in [0.3, 0.4) is 0 Å². The van der Waals surface area contributed by atoms with Crippen LogP contribution in [0.25, 0.3) is 0 Å². The van der Waals surface area contributed by atoms with Crippen LogP contribution in [-0.2, 0) is 16.9 Å². The average Bonchev–Trinajstić information content (AvgIpc) is 3.21. The molecule has 2 aromatic carbocycles. The van der Waals surface area contributed by atoms with Crippen LogP contribution in [0, 0.1) is 20.8 Å². The second-order valence-electron chi connectivity index (χ2n) is 7.85. The van der Waals surface area contributed by atoms with Gasteiger partial charge in [0.25, 0.3) is 5.91 Å². The number of anilines is 1. The number of aliphatic hydroxyl groups is 1. The van der Waals surface area contributed by atoms with Gasteiger partial charge in [0.05, 0.1) is 23.5 Å². The average molecular weight is 484 g/mol. The van der Waals surface area contributed by atoms with Crippen LogP contribution in [0.4, 0.5) is 5.69 Å². The van der Waals surface area contributed by atoms with Crippen LogP contribution in [0.1, 0.15) is 43.2 Å². The van der Waals surface area contributed by atoms with E-state index in [0.29, 0.717) is 22.7 Å². The fraction of sp³-hybridized carbons (Fsp3) is 0.250. The lowest BCUT2D eigenvalue weighted by Gasteiger charge is -2.23. The number of carbonyl (C=O) groups excluding carboxylic acids is 2. The first kappa shape index (κ1) is 21.0. The van der Waals surface area contributed by atoms with E-state index in [-0.39, 0.29) is 12.2 Å². The van der Waals surface area contributed by atoms with Gasteiger partial charge in [-0.15, -0.1) is 11.3 Å². The molecule has 0 unspecified atom stereocenters. The zero-order valence-electron chi connectivity index (χ0n) is 17.0. The van der Waals surface area contributed by atoms with E-state index >= 15 is 0 Å². The number of hydrogen-bond donors (Lipinski definition) is 1. The summed E-state index contributed by atoms with van der Waals surface area (Å²) in [5.41, 5.74) is 2.42. The van der Waals surface area contributed by atoms with Gasteiger partial charge in [-0.05, 0) is 62.2 Å². The first-order valence-electron chi connectivity index (χ1n) is 9.69. The first-order chi connectivity index (χ1) is 14.2. The van der Waals surface area contributed by atoms with Crippen molar-refractivity contribution >= 4 is 44.6 Å². The van der Waals surface area contributed by atoms with Crippen molar-refractivity contribution in [2.24, 2.45) is 0 Å². The Morgan fingerprint density at radius 2 is 1.87 bits per heavy atom. The summed E-state index contributed by atoms with van der Waals surface area (Å²) < 4.78 is 0.750. The standard InChI is InChI=1S/C24H22BrNO3S/c1-14-4-5-15(2)17(10-14)13-26-20-8-7-18(25)11-19(20)24(29,23(26)28)12-21(27)22-9-6-16(3)30-22/h4-11,29H,12-13H2,1-3H3/t24-/m1/s1. The summed E-state index contributed by atoms with van der Waals surface area (Å²) in [6.45, 7) is 6.29. The molecule has 1 aromatic heterocycles. The Hall–Kier alpha value is -2.28. The summed E-state index contributed by atoms with van der Waals surface area (Å²) in [6.07, 6.45) is -0.279. The van der Waals surface area contributed by atoms with Gasteiger partial charge in [-0.1, -0.05) is 39.7 Å². The molecule has 1 atom stereocenters. The molecule has 1 aliphatic rings. The quantitative estimate of drug-likeness (QED) is 0.491. The van der Waals surface area contributed by atoms with Crippen molar-refractivity contribution < 1.29 is 14.7 Å². The van der Waals surface area contributed by atoms with Gasteiger partial charge in [-0.25, -0.2) is 0 Å². The molecule has 0 radical (unpaired) electrons. The van der Waals surface area contributed by atoms with Crippen molar-refractivity contribution in [3.05, 3.63) is 85.0 Å². The van der Waals surface area contributed by atoms with Gasteiger partial charge in [-0.3, -0.25) is 9.59 Å². The molecule has 0 saturated heterocycles. The highest BCUT2D eigenvalue weighted by molar-refractivity contribution is 9.10. The van der Waals surface area contributed by atoms with E-state index in [2.05, 4.69) is 22.0 Å². The van der Waals surface area contributed by atoms with E-state index in [1.807, 2.05) is 51.1 Å². The van der Waals surface area contributed by atoms with Crippen LogP contribution >= 0.6 is 27.3 Å². The number of halogens is 1. The topological polar surface area (TPSA) is 57.6 Å². The molecule has 1 N–H and O–H groups in total. The fourth-order valence-electron chi connectivity index (χ4n) is 3.90. The summed E-state index contributed by atoms with van der Waals surface area (Å²) in [7, 11) is 0. The fourth-order valence-corrected chi connectivity index (χ4v) is 5.06. The molecule has 0 spiro atoms. The number of Topliss-reactive ketones (excluding diaryl/α,β-unsaturated/α-hetero) is 1. The van der Waals surface area contributed by atoms with Gasteiger partial charge >= 0.3 is 0 Å². The van der Waals surface area contributed by atoms with Crippen molar-refractivity contribution in [1.29, 1.82) is 0 Å². The Morgan fingerprint density at radius 3 is 2.57 bits per heavy atom. The lowest BCUT2D eigenvalue weighted by atomic mass is 9.89. The lowest BCUT2D eigenvalue weighted by Crippen LogP contribution is -2.41. The molecule has 0 saturated carbocycles. The van der Waals surface area contributed by atoms with Gasteiger partial charge in [0.1, 0.15) is 0 Å². The van der Waals surface area contributed by atoms with Crippen molar-refractivity contribution in [1.82, 2.24) is 0 Å². The molecule has 0 fully saturated rings. The normalized spacial score (nSPS) is 18.0. The number of benzene rings is 2. The Labute approximate surface area is 188 Å². The minimum atomic E-state index is -1.88. The highest BCUT2D eigenvalue weighted by atomic mass is 79.9. The Kier molecular flexibility index (Phi) is 5.43. The molecular weight excluding hydrogens is 462 g/mol. The smallest absolute Gasteiger partial charge is 0.264 e. The van der Waals surface area contributed by atoms with Crippen LogP contribution in [0.2, 0.25) is 0 Å². The highest BCUT2D eigenvalue weighted by Crippen LogP contribution is 2.45. The maximum atomic E-state index is 13.5. The number of ketones is 1. The third-order valence-electron chi connectivity index (χ3n) is 5.56. The minimum absolute atomic E-state index is 0.233. The van der Waals surface area contributed by atoms with Gasteiger partial charge in [0, 0.05) is 14.9 Å². The molecule has 2 heterocycles. The number of rotatable bonds is 5. The number of hydrogen-bond acceptors (Lipinski definition) is 4. The molecule has 1 aliphatic heterocycles. The summed E-state index contributed by atoms with van der Waals surface area (Å²) in [5.74, 6) is -0.693. The number of carbonyl (C=O) groups is 2. The molecular formula is C24H22BrNO3S. The summed E-state index contributed by atoms with van der Waals surface area (Å²) >= 11 is 4.81. The van der Waals surface area contributed by atoms with E-state index in [1.165, 1.54) is 11.3 Å². The Bertz CT molecular complexity index is 1170. The van der Waals surface area contributed by atoms with Gasteiger partial charge < -0.3 is 10.0 Å². The number of thiophene rings is 1. The van der Waals surface area contributed by atoms with Gasteiger partial charge in [0.2, 0.25) is 0 Å². The Balaban J connectivity index is 1.74. The van der Waals surface area contributed by atoms with Crippen molar-refractivity contribution in [3.63, 3.8) is 0 Å². The number of fused-ring (bicyclic) bond motifs is 1. The largest absolute Gasteiger partial charge is 0.375 e. The Morgan fingerprint density at radius 1 is 1.10 bits per heavy atom. The zero-order chi connectivity index (χ0) is 21.6. The monoisotopic (exact) mass is 483 g/mol. The number of nitrogens with zero attached hydrogens (tertiary/aromatic N) is 1. The zero-order valence-corrected chi connectivity index (χ0v) is 19.4. The van der Waals surface area contributed by atoms with Crippen molar-refractivity contribution in [2.45, 2.75) is 39.3 Å². The van der Waals surface area contributed by atoms with Crippen LogP contribution in [0.15, 0.2) is 53.0 Å². The van der Waals surface area contributed by atoms with Crippen LogP contribution in [-0.4, -0.2) is 16.8 Å². The molecule has 3 aromatic rings. The molecule has 6 heteroatoms. The minimum Gasteiger partial charge on any atom is -0.375 e. The molecule has 0 aliphatic carbocycles. The summed E-state index contributed by atoms with van der Waals surface area (Å²) in [4.78, 5) is 29.5. The molecule has 4 rings (SSSR count). The van der Waals surface area contributed by atoms with Gasteiger partial charge in [-0.2, -0.15) is 0 Å². The van der Waals surface area contributed by atoms with Crippen molar-refractivity contribution in [3.8, 4) is 0 Å². The second-order valence-corrected chi connectivity index (χ2v) is 10.1. The van der Waals surface area contributed by atoms with Gasteiger partial charge in [0.15, 0.2) is 11.4 Å². The van der Waals surface area contributed by atoms with E-state index in [4.69, 9.17) is 0 Å². The first-order valence-corrected chi connectivity index (χ1v) is 11.3. The second kappa shape index (κ2) is 7.76. The maximum absolute atomic E-state index is 13.5. The molecule has 30 heavy (non-hydrogen) atoms. The van der Waals surface area contributed by atoms with Crippen molar-refractivity contribution in [2.75, 3.05) is 4.90 Å². The third kappa shape index (κ3) is 3.64. The highest BCUT2D eigenvalue weighted by Gasteiger charge is 2.51. The summed E-state index contributed by atoms with van der Waals surface area (Å²) in [5, 5.41) is 11.5. The summed E-state index contributed by atoms with van der Waals surface area (Å²) in [6, 6.07) is 15.1. The molecule has 154 valence electrons. The molecule has 1 amide bonds. The van der Waals surface area contributed by atoms with E-state index in [9.17, 15) is 14.7 Å². The molecule has 4 nitrogen and oxygen atoms in total. The van der Waals surface area contributed by atoms with E-state index in [0.717, 1.165) is 26.0 Å². The third-order valence-corrected chi connectivity index (χ3v) is 7.09. The van der Waals surface area contributed by atoms with Crippen LogP contribution < -0.4 is 4.90 Å². The predicted octanol–water partition coefficient (Wildman–Crippen LogP) is 5.44. The SMILES string of the molecule is Cc1ccc(C)c(CN2C(=O)[C@@](O)(CC(=O)c3ccc(C)s3)c3cc(Br)ccc32)c1. The maximum Gasteiger partial charge on any atom is 0.264 e. The number of aryl methyl sites for hydroxylation is 3. The number of amides is 1. The molecule has 0 bridgehead atoms. The van der Waals surface area contributed by atoms with E-state index in [1.54, 1.807) is 17.0 Å². The lowest BCUT2D eigenvalue weighted by molar-refractivity contribution is -0.136.